The maximum atomic E-state index is 12.8. The van der Waals surface area contributed by atoms with Crippen LogP contribution in [0.2, 0.25) is 0 Å². The lowest BCUT2D eigenvalue weighted by atomic mass is 10.2. The van der Waals surface area contributed by atoms with E-state index in [9.17, 15) is 18.0 Å². The topological polar surface area (TPSA) is 103 Å². The second kappa shape index (κ2) is 6.19. The van der Waals surface area contributed by atoms with Crippen LogP contribution in [-0.4, -0.2) is 46.2 Å². The van der Waals surface area contributed by atoms with Crippen molar-refractivity contribution in [2.24, 2.45) is 7.05 Å². The lowest BCUT2D eigenvalue weighted by Gasteiger charge is -2.19. The van der Waals surface area contributed by atoms with E-state index in [1.807, 2.05) is 24.3 Å². The largest absolute Gasteiger partial charge is 0.351 e. The summed E-state index contributed by atoms with van der Waals surface area (Å²) in [5, 5.41) is 8.46. The van der Waals surface area contributed by atoms with Crippen LogP contribution < -0.4 is 10.9 Å². The lowest BCUT2D eigenvalue weighted by Crippen LogP contribution is -2.40. The predicted octanol–water partition coefficient (Wildman–Crippen LogP) is 0.752. The van der Waals surface area contributed by atoms with Gasteiger partial charge in [-0.05, 0) is 19.4 Å². The summed E-state index contributed by atoms with van der Waals surface area (Å²) in [5.41, 5.74) is 0.890. The number of hydrogen-bond acceptors (Lipinski definition) is 5. The van der Waals surface area contributed by atoms with Gasteiger partial charge in [0.1, 0.15) is 11.6 Å². The molecule has 0 unspecified atom stereocenters. The van der Waals surface area contributed by atoms with Gasteiger partial charge >= 0.3 is 0 Å². The molecule has 3 aromatic rings. The normalized spacial score (nSPS) is 20.1. The van der Waals surface area contributed by atoms with Crippen LogP contribution in [0.5, 0.6) is 0 Å². The molecule has 0 bridgehead atoms. The van der Waals surface area contributed by atoms with Crippen molar-refractivity contribution in [3.63, 3.8) is 0 Å². The van der Waals surface area contributed by atoms with Crippen LogP contribution >= 0.6 is 0 Å². The van der Waals surface area contributed by atoms with Gasteiger partial charge in [-0.3, -0.25) is 9.59 Å². The Hall–Kier alpha value is -2.68. The highest BCUT2D eigenvalue weighted by Gasteiger charge is 2.31. The van der Waals surface area contributed by atoms with Crippen molar-refractivity contribution in [3.05, 3.63) is 40.8 Å². The molecule has 1 N–H and O–H groups in total. The molecule has 4 rings (SSSR count). The zero-order valence-electron chi connectivity index (χ0n) is 15.0. The summed E-state index contributed by atoms with van der Waals surface area (Å²) >= 11 is 0. The number of nitrogens with one attached hydrogen (secondary N) is 1. The summed E-state index contributed by atoms with van der Waals surface area (Å²) in [6.45, 7) is 1.71. The first kappa shape index (κ1) is 17.7. The fraction of sp³-hybridized carbons (Fsp3) is 0.389. The van der Waals surface area contributed by atoms with Gasteiger partial charge in [-0.15, -0.1) is 0 Å². The van der Waals surface area contributed by atoms with E-state index in [-0.39, 0.29) is 29.0 Å². The maximum Gasteiger partial charge on any atom is 0.291 e. The van der Waals surface area contributed by atoms with Crippen LogP contribution in [0.25, 0.3) is 21.8 Å². The third-order valence-corrected chi connectivity index (χ3v) is 6.92. The molecule has 1 aliphatic rings. The lowest BCUT2D eigenvalue weighted by molar-refractivity contribution is -0.124. The highest BCUT2D eigenvalue weighted by molar-refractivity contribution is 7.91. The smallest absolute Gasteiger partial charge is 0.291 e. The summed E-state index contributed by atoms with van der Waals surface area (Å²) in [7, 11) is -1.52. The number of sulfone groups is 1. The van der Waals surface area contributed by atoms with E-state index >= 15 is 0 Å². The second-order valence-corrected chi connectivity index (χ2v) is 9.24. The van der Waals surface area contributed by atoms with Gasteiger partial charge in [-0.1, -0.05) is 18.2 Å². The number of hydrogen-bond donors (Lipinski definition) is 1. The number of nitrogens with zero attached hydrogens (tertiary/aromatic N) is 3. The van der Waals surface area contributed by atoms with Crippen LogP contribution in [-0.2, 0) is 21.7 Å². The number of benzene rings is 1. The number of aromatic nitrogens is 3. The second-order valence-electron chi connectivity index (χ2n) is 7.01. The van der Waals surface area contributed by atoms with Crippen molar-refractivity contribution in [2.75, 3.05) is 11.5 Å². The zero-order valence-corrected chi connectivity index (χ0v) is 15.9. The van der Waals surface area contributed by atoms with E-state index in [0.717, 1.165) is 10.9 Å². The molecule has 1 amide bonds. The Labute approximate surface area is 155 Å². The van der Waals surface area contributed by atoms with Gasteiger partial charge in [-0.25, -0.2) is 13.1 Å². The van der Waals surface area contributed by atoms with Gasteiger partial charge in [0.25, 0.3) is 5.56 Å². The molecule has 0 radical (unpaired) electrons. The van der Waals surface area contributed by atoms with Gasteiger partial charge in [0.2, 0.25) is 5.91 Å². The summed E-state index contributed by atoms with van der Waals surface area (Å²) < 4.78 is 26.2. The summed E-state index contributed by atoms with van der Waals surface area (Å²) in [6.07, 6.45) is 2.05. The highest BCUT2D eigenvalue weighted by atomic mass is 32.2. The molecule has 27 heavy (non-hydrogen) atoms. The SMILES string of the molecule is C[C@H](C(=O)N[C@H]1CCS(=O)(=O)C1)n1c2ccccc2c2cnn(C)c(=O)c21. The van der Waals surface area contributed by atoms with Gasteiger partial charge < -0.3 is 9.88 Å². The third-order valence-electron chi connectivity index (χ3n) is 5.15. The molecule has 9 heteroatoms. The first-order valence-corrected chi connectivity index (χ1v) is 10.6. The Morgan fingerprint density at radius 3 is 2.74 bits per heavy atom. The van der Waals surface area contributed by atoms with Gasteiger partial charge in [0, 0.05) is 23.9 Å². The van der Waals surface area contributed by atoms with E-state index in [0.29, 0.717) is 17.3 Å². The molecule has 0 spiro atoms. The van der Waals surface area contributed by atoms with Gasteiger partial charge in [0.15, 0.2) is 9.84 Å². The number of rotatable bonds is 3. The van der Waals surface area contributed by atoms with Crippen LogP contribution in [0.1, 0.15) is 19.4 Å². The zero-order chi connectivity index (χ0) is 19.3. The molecule has 0 aliphatic carbocycles. The Morgan fingerprint density at radius 1 is 1.30 bits per heavy atom. The Kier molecular flexibility index (Phi) is 4.06. The Bertz CT molecular complexity index is 1230. The maximum absolute atomic E-state index is 12.8. The van der Waals surface area contributed by atoms with Crippen molar-refractivity contribution >= 4 is 37.6 Å². The fourth-order valence-electron chi connectivity index (χ4n) is 3.74. The molecule has 1 saturated heterocycles. The van der Waals surface area contributed by atoms with Crippen LogP contribution in [0, 0.1) is 0 Å². The number of amides is 1. The first-order chi connectivity index (χ1) is 12.8. The molecular weight excluding hydrogens is 368 g/mol. The molecule has 1 aliphatic heterocycles. The standard InChI is InChI=1S/C18H20N4O4S/c1-11(17(23)20-12-7-8-27(25,26)10-12)22-15-6-4-3-5-13(15)14-9-19-21(2)18(24)16(14)22/h3-6,9,11-12H,7-8,10H2,1-2H3,(H,20,23)/t11-,12+/m1/s1. The van der Waals surface area contributed by atoms with E-state index in [1.165, 1.54) is 4.68 Å². The molecule has 142 valence electrons. The first-order valence-electron chi connectivity index (χ1n) is 8.74. The minimum atomic E-state index is -3.09. The molecule has 2 atom stereocenters. The minimum Gasteiger partial charge on any atom is -0.351 e. The number of fused-ring (bicyclic) bond motifs is 3. The Balaban J connectivity index is 1.81. The van der Waals surface area contributed by atoms with Crippen molar-refractivity contribution < 1.29 is 13.2 Å². The summed E-state index contributed by atoms with van der Waals surface area (Å²) in [4.78, 5) is 25.6. The average molecular weight is 388 g/mol. The molecule has 1 fully saturated rings. The van der Waals surface area contributed by atoms with E-state index < -0.39 is 15.9 Å². The van der Waals surface area contributed by atoms with Crippen LogP contribution in [0.4, 0.5) is 0 Å². The van der Waals surface area contributed by atoms with Crippen molar-refractivity contribution in [2.45, 2.75) is 25.4 Å². The van der Waals surface area contributed by atoms with Crippen molar-refractivity contribution in [1.82, 2.24) is 19.7 Å². The average Bonchev–Trinajstić information content (AvgIpc) is 3.14. The predicted molar refractivity (Wildman–Crippen MR) is 102 cm³/mol. The number of aryl methyl sites for hydroxylation is 1. The van der Waals surface area contributed by atoms with Crippen molar-refractivity contribution in [3.8, 4) is 0 Å². The van der Waals surface area contributed by atoms with Crippen LogP contribution in [0.3, 0.4) is 0 Å². The molecular formula is C18H20N4O4S. The number of carbonyl (C=O) groups excluding carboxylic acids is 1. The Morgan fingerprint density at radius 2 is 2.04 bits per heavy atom. The molecule has 1 aromatic carbocycles. The molecule has 3 heterocycles. The third kappa shape index (κ3) is 2.91. The molecule has 8 nitrogen and oxygen atoms in total. The van der Waals surface area contributed by atoms with Gasteiger partial charge in [0.05, 0.1) is 23.2 Å². The van der Waals surface area contributed by atoms with Crippen LogP contribution in [0.15, 0.2) is 35.3 Å². The highest BCUT2D eigenvalue weighted by Crippen LogP contribution is 2.29. The number of carbonyl (C=O) groups is 1. The monoisotopic (exact) mass is 388 g/mol. The van der Waals surface area contributed by atoms with Crippen molar-refractivity contribution in [1.29, 1.82) is 0 Å². The molecule has 0 saturated carbocycles. The summed E-state index contributed by atoms with van der Waals surface area (Å²) in [6, 6.07) is 6.41. The van der Waals surface area contributed by atoms with E-state index in [1.54, 1.807) is 24.7 Å². The van der Waals surface area contributed by atoms with E-state index in [2.05, 4.69) is 10.4 Å². The van der Waals surface area contributed by atoms with Gasteiger partial charge in [-0.2, -0.15) is 5.10 Å². The quantitative estimate of drug-likeness (QED) is 0.713. The molecule has 2 aromatic heterocycles. The minimum absolute atomic E-state index is 0.0374. The van der Waals surface area contributed by atoms with E-state index in [4.69, 9.17) is 0 Å². The number of para-hydroxylation sites is 1. The fourth-order valence-corrected chi connectivity index (χ4v) is 5.41. The summed E-state index contributed by atoms with van der Waals surface area (Å²) in [5.74, 6) is -0.253.